The van der Waals surface area contributed by atoms with E-state index in [2.05, 4.69) is 9.97 Å². The van der Waals surface area contributed by atoms with Crippen molar-refractivity contribution in [3.63, 3.8) is 0 Å². The highest BCUT2D eigenvalue weighted by atomic mass is 19.3. The van der Waals surface area contributed by atoms with E-state index in [9.17, 15) is 13.6 Å². The molecule has 0 unspecified atom stereocenters. The predicted octanol–water partition coefficient (Wildman–Crippen LogP) is 1.78. The molecule has 0 aliphatic carbocycles. The van der Waals surface area contributed by atoms with Gasteiger partial charge in [0, 0.05) is 12.4 Å². The molecular formula is C9H10F2N2O2. The Labute approximate surface area is 85.0 Å². The summed E-state index contributed by atoms with van der Waals surface area (Å²) in [5.41, 5.74) is 0.680. The van der Waals surface area contributed by atoms with Crippen molar-refractivity contribution < 1.29 is 18.7 Å². The zero-order valence-electron chi connectivity index (χ0n) is 8.24. The largest absolute Gasteiger partial charge is 0.476 e. The second kappa shape index (κ2) is 3.88. The summed E-state index contributed by atoms with van der Waals surface area (Å²) in [5.74, 6) is -7.16. The molecule has 0 aromatic carbocycles. The predicted molar refractivity (Wildman–Crippen MR) is 47.7 cm³/mol. The fraction of sp³-hybridized carbons (Fsp3) is 0.444. The van der Waals surface area contributed by atoms with Gasteiger partial charge in [-0.25, -0.2) is 14.8 Å². The van der Waals surface area contributed by atoms with Crippen LogP contribution in [0.5, 0.6) is 0 Å². The molecule has 15 heavy (non-hydrogen) atoms. The van der Waals surface area contributed by atoms with E-state index in [1.54, 1.807) is 0 Å². The summed E-state index contributed by atoms with van der Waals surface area (Å²) in [6, 6.07) is 0. The van der Waals surface area contributed by atoms with Crippen molar-refractivity contribution >= 4 is 5.97 Å². The molecule has 0 aliphatic rings. The van der Waals surface area contributed by atoms with Crippen molar-refractivity contribution in [3.05, 3.63) is 23.8 Å². The maximum atomic E-state index is 12.9. The quantitative estimate of drug-likeness (QED) is 0.836. The molecule has 1 N–H and O–H groups in total. The number of hydrogen-bond acceptors (Lipinski definition) is 3. The molecule has 6 heteroatoms. The maximum absolute atomic E-state index is 12.9. The van der Waals surface area contributed by atoms with Crippen molar-refractivity contribution in [1.82, 2.24) is 9.97 Å². The molecular weight excluding hydrogens is 206 g/mol. The number of hydrogen-bond donors (Lipinski definition) is 1. The summed E-state index contributed by atoms with van der Waals surface area (Å²) in [6.07, 6.45) is 2.42. The standard InChI is InChI=1S/C9H10F2N2O2/c1-5(2)6-3-12-7(13-4-6)9(10,11)8(14)15/h3-5H,1-2H3,(H,14,15). The van der Waals surface area contributed by atoms with Gasteiger partial charge >= 0.3 is 11.9 Å². The van der Waals surface area contributed by atoms with Crippen molar-refractivity contribution in [2.75, 3.05) is 0 Å². The molecule has 1 rings (SSSR count). The van der Waals surface area contributed by atoms with Crippen LogP contribution < -0.4 is 0 Å². The fourth-order valence-corrected chi connectivity index (χ4v) is 0.894. The van der Waals surface area contributed by atoms with Crippen LogP contribution in [0.3, 0.4) is 0 Å². The Morgan fingerprint density at radius 2 is 1.87 bits per heavy atom. The van der Waals surface area contributed by atoms with E-state index in [0.717, 1.165) is 0 Å². The minimum atomic E-state index is -4.03. The zero-order chi connectivity index (χ0) is 11.6. The monoisotopic (exact) mass is 216 g/mol. The molecule has 82 valence electrons. The van der Waals surface area contributed by atoms with E-state index >= 15 is 0 Å². The minimum Gasteiger partial charge on any atom is -0.476 e. The van der Waals surface area contributed by atoms with Crippen LogP contribution in [-0.2, 0) is 10.7 Å². The van der Waals surface area contributed by atoms with Crippen LogP contribution in [0.1, 0.15) is 31.2 Å². The van der Waals surface area contributed by atoms with Gasteiger partial charge in [-0.2, -0.15) is 8.78 Å². The first-order valence-corrected chi connectivity index (χ1v) is 4.29. The molecule has 1 heterocycles. The van der Waals surface area contributed by atoms with Gasteiger partial charge in [0.15, 0.2) is 0 Å². The van der Waals surface area contributed by atoms with Gasteiger partial charge in [-0.1, -0.05) is 13.8 Å². The first-order chi connectivity index (χ1) is 6.85. The third-order valence-electron chi connectivity index (χ3n) is 1.89. The Kier molecular flexibility index (Phi) is 2.97. The lowest BCUT2D eigenvalue weighted by Crippen LogP contribution is -2.27. The topological polar surface area (TPSA) is 63.1 Å². The molecule has 1 aromatic heterocycles. The van der Waals surface area contributed by atoms with Gasteiger partial charge < -0.3 is 5.11 Å². The summed E-state index contributed by atoms with van der Waals surface area (Å²) < 4.78 is 25.8. The highest BCUT2D eigenvalue weighted by Crippen LogP contribution is 2.25. The zero-order valence-corrected chi connectivity index (χ0v) is 8.24. The normalized spacial score (nSPS) is 11.8. The minimum absolute atomic E-state index is 0.109. The molecule has 4 nitrogen and oxygen atoms in total. The summed E-state index contributed by atoms with van der Waals surface area (Å²) in [4.78, 5) is 16.9. The Morgan fingerprint density at radius 3 is 2.20 bits per heavy atom. The van der Waals surface area contributed by atoms with E-state index in [0.29, 0.717) is 5.56 Å². The van der Waals surface area contributed by atoms with Gasteiger partial charge in [-0.15, -0.1) is 0 Å². The molecule has 0 aliphatic heterocycles. The van der Waals surface area contributed by atoms with Crippen LogP contribution >= 0.6 is 0 Å². The lowest BCUT2D eigenvalue weighted by molar-refractivity contribution is -0.167. The number of carbonyl (C=O) groups is 1. The lowest BCUT2D eigenvalue weighted by Gasteiger charge is -2.10. The number of aromatic nitrogens is 2. The first kappa shape index (κ1) is 11.5. The van der Waals surface area contributed by atoms with Crippen LogP contribution in [0, 0.1) is 0 Å². The second-order valence-electron chi connectivity index (χ2n) is 3.37. The van der Waals surface area contributed by atoms with Crippen molar-refractivity contribution in [1.29, 1.82) is 0 Å². The van der Waals surface area contributed by atoms with Crippen LogP contribution in [0.2, 0.25) is 0 Å². The fourth-order valence-electron chi connectivity index (χ4n) is 0.894. The summed E-state index contributed by atoms with van der Waals surface area (Å²) in [7, 11) is 0. The average Bonchev–Trinajstić information content (AvgIpc) is 2.17. The SMILES string of the molecule is CC(C)c1cnc(C(F)(F)C(=O)O)nc1. The molecule has 1 aromatic rings. The number of halogens is 2. The highest BCUT2D eigenvalue weighted by molar-refractivity contribution is 5.75. The number of nitrogens with zero attached hydrogens (tertiary/aromatic N) is 2. The Balaban J connectivity index is 3.04. The number of carboxylic acids is 1. The molecule has 0 fully saturated rings. The molecule has 0 spiro atoms. The molecule has 0 amide bonds. The van der Waals surface area contributed by atoms with E-state index < -0.39 is 17.7 Å². The average molecular weight is 216 g/mol. The second-order valence-corrected chi connectivity index (χ2v) is 3.37. The molecule has 0 atom stereocenters. The van der Waals surface area contributed by atoms with Gasteiger partial charge in [-0.3, -0.25) is 0 Å². The maximum Gasteiger partial charge on any atom is 0.400 e. The van der Waals surface area contributed by atoms with Crippen molar-refractivity contribution in [2.24, 2.45) is 0 Å². The molecule has 0 saturated carbocycles. The Bertz CT molecular complexity index is 363. The summed E-state index contributed by atoms with van der Waals surface area (Å²) in [6.45, 7) is 3.71. The van der Waals surface area contributed by atoms with Gasteiger partial charge in [0.1, 0.15) is 0 Å². The Hall–Kier alpha value is -1.59. The Morgan fingerprint density at radius 1 is 1.40 bits per heavy atom. The van der Waals surface area contributed by atoms with Gasteiger partial charge in [-0.05, 0) is 11.5 Å². The van der Waals surface area contributed by atoms with Crippen LogP contribution in [0.25, 0.3) is 0 Å². The van der Waals surface area contributed by atoms with E-state index in [1.807, 2.05) is 13.8 Å². The molecule has 0 saturated heterocycles. The van der Waals surface area contributed by atoms with Gasteiger partial charge in [0.2, 0.25) is 5.82 Å². The smallest absolute Gasteiger partial charge is 0.400 e. The van der Waals surface area contributed by atoms with Gasteiger partial charge in [0.05, 0.1) is 0 Å². The first-order valence-electron chi connectivity index (χ1n) is 4.29. The van der Waals surface area contributed by atoms with Crippen molar-refractivity contribution in [2.45, 2.75) is 25.7 Å². The van der Waals surface area contributed by atoms with Gasteiger partial charge in [0.25, 0.3) is 0 Å². The van der Waals surface area contributed by atoms with Crippen LogP contribution in [0.15, 0.2) is 12.4 Å². The van der Waals surface area contributed by atoms with Crippen LogP contribution in [-0.4, -0.2) is 21.0 Å². The third-order valence-corrected chi connectivity index (χ3v) is 1.89. The summed E-state index contributed by atoms with van der Waals surface area (Å²) >= 11 is 0. The van der Waals surface area contributed by atoms with Crippen molar-refractivity contribution in [3.8, 4) is 0 Å². The number of carboxylic acid groups (broad SMARTS) is 1. The number of aliphatic carboxylic acids is 1. The summed E-state index contributed by atoms with van der Waals surface area (Å²) in [5, 5.41) is 8.24. The molecule has 0 bridgehead atoms. The number of rotatable bonds is 3. The van der Waals surface area contributed by atoms with E-state index in [1.165, 1.54) is 12.4 Å². The van der Waals surface area contributed by atoms with E-state index in [4.69, 9.17) is 5.11 Å². The number of alkyl halides is 2. The van der Waals surface area contributed by atoms with Crippen LogP contribution in [0.4, 0.5) is 8.78 Å². The third kappa shape index (κ3) is 2.26. The highest BCUT2D eigenvalue weighted by Gasteiger charge is 2.44. The molecule has 0 radical (unpaired) electrons. The van der Waals surface area contributed by atoms with E-state index in [-0.39, 0.29) is 5.92 Å². The lowest BCUT2D eigenvalue weighted by atomic mass is 10.1.